The Balaban J connectivity index is 2.49. The zero-order valence-electron chi connectivity index (χ0n) is 13.7. The van der Waals surface area contributed by atoms with Crippen LogP contribution in [0.5, 0.6) is 11.5 Å². The Morgan fingerprint density at radius 2 is 1.52 bits per heavy atom. The van der Waals surface area contributed by atoms with Gasteiger partial charge >= 0.3 is 12.1 Å². The SMILES string of the molecule is COc1cc(OC)cc(C(=O)OOOC(=O)OCC(C)(C)C)c1. The second-order valence-corrected chi connectivity index (χ2v) is 5.72. The van der Waals surface area contributed by atoms with Crippen LogP contribution in [0, 0.1) is 5.41 Å². The lowest BCUT2D eigenvalue weighted by molar-refractivity contribution is -0.452. The fourth-order valence-electron chi connectivity index (χ4n) is 1.35. The fourth-order valence-corrected chi connectivity index (χ4v) is 1.35. The van der Waals surface area contributed by atoms with Crippen molar-refractivity contribution in [3.63, 3.8) is 0 Å². The highest BCUT2D eigenvalue weighted by Gasteiger charge is 2.17. The van der Waals surface area contributed by atoms with Gasteiger partial charge in [0.25, 0.3) is 0 Å². The lowest BCUT2D eigenvalue weighted by atomic mass is 9.99. The maximum Gasteiger partial charge on any atom is 0.543 e. The molecular weight excluding hydrogens is 308 g/mol. The van der Waals surface area contributed by atoms with E-state index in [0.717, 1.165) is 0 Å². The molecule has 0 N–H and O–H groups in total. The molecule has 0 fully saturated rings. The molecule has 0 aromatic heterocycles. The zero-order valence-corrected chi connectivity index (χ0v) is 13.7. The minimum absolute atomic E-state index is 0.0906. The standard InChI is InChI=1S/C15H20O8/c1-15(2,3)9-20-14(17)22-23-21-13(16)10-6-11(18-4)8-12(7-10)19-5/h6-8H,9H2,1-5H3. The first-order valence-electron chi connectivity index (χ1n) is 6.70. The molecule has 0 radical (unpaired) electrons. The molecule has 1 aromatic rings. The molecule has 0 atom stereocenters. The maximum absolute atomic E-state index is 11.8. The summed E-state index contributed by atoms with van der Waals surface area (Å²) < 4.78 is 14.8. The van der Waals surface area contributed by atoms with Gasteiger partial charge in [0.15, 0.2) is 0 Å². The van der Waals surface area contributed by atoms with Gasteiger partial charge in [0.1, 0.15) is 11.5 Å². The Morgan fingerprint density at radius 3 is 2.00 bits per heavy atom. The Bertz CT molecular complexity index is 525. The quantitative estimate of drug-likeness (QED) is 0.447. The Kier molecular flexibility index (Phi) is 6.65. The number of hydrogen-bond acceptors (Lipinski definition) is 8. The van der Waals surface area contributed by atoms with Gasteiger partial charge in [-0.2, -0.15) is 0 Å². The predicted octanol–water partition coefficient (Wildman–Crippen LogP) is 2.91. The topological polar surface area (TPSA) is 89.5 Å². The first-order valence-corrected chi connectivity index (χ1v) is 6.70. The van der Waals surface area contributed by atoms with Gasteiger partial charge in [0.05, 0.1) is 31.4 Å². The summed E-state index contributed by atoms with van der Waals surface area (Å²) in [7, 11) is 2.88. The smallest absolute Gasteiger partial charge is 0.497 e. The van der Waals surface area contributed by atoms with Crippen molar-refractivity contribution in [1.29, 1.82) is 0 Å². The van der Waals surface area contributed by atoms with Gasteiger partial charge < -0.3 is 14.2 Å². The van der Waals surface area contributed by atoms with Gasteiger partial charge in [-0.15, -0.1) is 0 Å². The highest BCUT2D eigenvalue weighted by molar-refractivity contribution is 5.90. The van der Waals surface area contributed by atoms with Crippen LogP contribution >= 0.6 is 0 Å². The van der Waals surface area contributed by atoms with E-state index in [-0.39, 0.29) is 17.6 Å². The largest absolute Gasteiger partial charge is 0.543 e. The van der Waals surface area contributed by atoms with Crippen molar-refractivity contribution >= 4 is 12.1 Å². The van der Waals surface area contributed by atoms with Crippen molar-refractivity contribution in [3.05, 3.63) is 23.8 Å². The molecular formula is C15H20O8. The molecule has 0 aliphatic rings. The predicted molar refractivity (Wildman–Crippen MR) is 77.9 cm³/mol. The third-order valence-corrected chi connectivity index (χ3v) is 2.42. The van der Waals surface area contributed by atoms with Crippen molar-refractivity contribution in [3.8, 4) is 11.5 Å². The minimum atomic E-state index is -1.11. The summed E-state index contributed by atoms with van der Waals surface area (Å²) in [4.78, 5) is 31.5. The minimum Gasteiger partial charge on any atom is -0.497 e. The van der Waals surface area contributed by atoms with Gasteiger partial charge in [-0.25, -0.2) is 14.5 Å². The molecule has 128 valence electrons. The van der Waals surface area contributed by atoms with E-state index in [2.05, 4.69) is 14.8 Å². The molecule has 0 heterocycles. The van der Waals surface area contributed by atoms with E-state index in [1.807, 2.05) is 20.8 Å². The van der Waals surface area contributed by atoms with Crippen LogP contribution in [0.3, 0.4) is 0 Å². The molecule has 0 saturated heterocycles. The summed E-state index contributed by atoms with van der Waals surface area (Å²) in [5.41, 5.74) is -0.139. The summed E-state index contributed by atoms with van der Waals surface area (Å²) >= 11 is 0. The van der Waals surface area contributed by atoms with E-state index in [1.54, 1.807) is 6.07 Å². The van der Waals surface area contributed by atoms with Gasteiger partial charge in [0, 0.05) is 6.07 Å². The highest BCUT2D eigenvalue weighted by atomic mass is 17.5. The van der Waals surface area contributed by atoms with Crippen LogP contribution in [-0.4, -0.2) is 33.0 Å². The Morgan fingerprint density at radius 1 is 0.957 bits per heavy atom. The number of rotatable bonds is 6. The van der Waals surface area contributed by atoms with Crippen molar-refractivity contribution in [2.45, 2.75) is 20.8 Å². The highest BCUT2D eigenvalue weighted by Crippen LogP contribution is 2.23. The van der Waals surface area contributed by atoms with Crippen molar-refractivity contribution < 1.29 is 38.6 Å². The molecule has 0 aliphatic carbocycles. The average Bonchev–Trinajstić information content (AvgIpc) is 2.51. The third kappa shape index (κ3) is 6.88. The van der Waals surface area contributed by atoms with E-state index in [1.165, 1.54) is 26.4 Å². The van der Waals surface area contributed by atoms with E-state index >= 15 is 0 Å². The lowest BCUT2D eigenvalue weighted by Crippen LogP contribution is -2.19. The van der Waals surface area contributed by atoms with E-state index in [4.69, 9.17) is 14.2 Å². The molecule has 23 heavy (non-hydrogen) atoms. The number of carbonyl (C=O) groups excluding carboxylic acids is 2. The van der Waals surface area contributed by atoms with Gasteiger partial charge in [-0.1, -0.05) is 20.8 Å². The molecule has 1 aromatic carbocycles. The van der Waals surface area contributed by atoms with Crippen LogP contribution < -0.4 is 9.47 Å². The Hall–Kier alpha value is -2.48. The van der Waals surface area contributed by atoms with Crippen molar-refractivity contribution in [1.82, 2.24) is 0 Å². The van der Waals surface area contributed by atoms with Gasteiger partial charge in [0.2, 0.25) is 0 Å². The normalized spacial score (nSPS) is 10.7. The van der Waals surface area contributed by atoms with E-state index < -0.39 is 12.1 Å². The lowest BCUT2D eigenvalue weighted by Gasteiger charge is -2.16. The molecule has 0 saturated carbocycles. The van der Waals surface area contributed by atoms with Crippen LogP contribution in [0.1, 0.15) is 31.1 Å². The number of ether oxygens (including phenoxy) is 3. The van der Waals surface area contributed by atoms with Gasteiger partial charge in [-0.3, -0.25) is 4.89 Å². The first kappa shape index (κ1) is 18.6. The zero-order chi connectivity index (χ0) is 17.5. The molecule has 0 bridgehead atoms. The molecule has 0 spiro atoms. The number of hydrogen-bond donors (Lipinski definition) is 0. The Labute approximate surface area is 134 Å². The number of carbonyl (C=O) groups is 2. The second-order valence-electron chi connectivity index (χ2n) is 5.72. The van der Waals surface area contributed by atoms with E-state index in [0.29, 0.717) is 11.5 Å². The molecule has 0 unspecified atom stereocenters. The fraction of sp³-hybridized carbons (Fsp3) is 0.467. The van der Waals surface area contributed by atoms with E-state index in [9.17, 15) is 9.59 Å². The maximum atomic E-state index is 11.8. The molecule has 8 heteroatoms. The van der Waals surface area contributed by atoms with Crippen molar-refractivity contribution in [2.24, 2.45) is 5.41 Å². The monoisotopic (exact) mass is 328 g/mol. The van der Waals surface area contributed by atoms with Crippen LogP contribution in [0.15, 0.2) is 18.2 Å². The molecule has 1 rings (SSSR count). The van der Waals surface area contributed by atoms with Crippen molar-refractivity contribution in [2.75, 3.05) is 20.8 Å². The molecule has 8 nitrogen and oxygen atoms in total. The van der Waals surface area contributed by atoms with Crippen LogP contribution in [0.4, 0.5) is 4.79 Å². The van der Waals surface area contributed by atoms with Crippen LogP contribution in [0.25, 0.3) is 0 Å². The van der Waals surface area contributed by atoms with Crippen LogP contribution in [-0.2, 0) is 19.6 Å². The number of benzene rings is 1. The summed E-state index contributed by atoms with van der Waals surface area (Å²) in [5, 5.41) is 4.12. The van der Waals surface area contributed by atoms with Crippen LogP contribution in [0.2, 0.25) is 0 Å². The summed E-state index contributed by atoms with van der Waals surface area (Å²) in [6.07, 6.45) is -1.11. The summed E-state index contributed by atoms with van der Waals surface area (Å²) in [6, 6.07) is 4.40. The first-order chi connectivity index (χ1) is 10.7. The number of methoxy groups -OCH3 is 2. The summed E-state index contributed by atoms with van der Waals surface area (Å²) in [5.74, 6) is -0.116. The molecule has 0 amide bonds. The molecule has 0 aliphatic heterocycles. The average molecular weight is 328 g/mol. The third-order valence-electron chi connectivity index (χ3n) is 2.42. The summed E-state index contributed by atoms with van der Waals surface area (Å²) in [6.45, 7) is 5.74. The second kappa shape index (κ2) is 8.23. The van der Waals surface area contributed by atoms with Gasteiger partial charge in [-0.05, 0) is 17.5 Å².